The molecule has 0 radical (unpaired) electrons. The maximum atomic E-state index is 9.37. The zero-order chi connectivity index (χ0) is 35.8. The van der Waals surface area contributed by atoms with E-state index in [1.165, 1.54) is 0 Å². The van der Waals surface area contributed by atoms with Crippen LogP contribution in [-0.4, -0.2) is 4.98 Å². The third-order valence-electron chi connectivity index (χ3n) is 7.95. The fraction of sp³-hybridized carbons (Fsp3) is 0. The molecule has 212 valence electrons. The largest absolute Gasteiger partial charge is 0.456 e. The van der Waals surface area contributed by atoms with Crippen molar-refractivity contribution in [2.45, 2.75) is 0 Å². The highest BCUT2D eigenvalue weighted by Gasteiger charge is 2.17. The van der Waals surface area contributed by atoms with Crippen LogP contribution in [0.2, 0.25) is 0 Å². The highest BCUT2D eigenvalue weighted by atomic mass is 16.3. The lowest BCUT2D eigenvalue weighted by Crippen LogP contribution is -2.09. The first kappa shape index (κ1) is 19.2. The Morgan fingerprint density at radius 3 is 2.13 bits per heavy atom. The molecule has 4 heteroatoms. The fourth-order valence-corrected chi connectivity index (χ4v) is 5.76. The molecule has 0 aliphatic rings. The molecule has 0 spiro atoms. The van der Waals surface area contributed by atoms with E-state index in [0.717, 1.165) is 33.0 Å². The van der Waals surface area contributed by atoms with Gasteiger partial charge in [0, 0.05) is 33.4 Å². The minimum absolute atomic E-state index is 0.0142. The molecule has 0 bridgehead atoms. The van der Waals surface area contributed by atoms with Gasteiger partial charge in [-0.05, 0) is 94.6 Å². The second kappa shape index (κ2) is 10.2. The van der Waals surface area contributed by atoms with Gasteiger partial charge in [-0.15, -0.1) is 0 Å². The summed E-state index contributed by atoms with van der Waals surface area (Å²) < 4.78 is 73.5. The van der Waals surface area contributed by atoms with Crippen molar-refractivity contribution in [3.8, 4) is 22.6 Å². The smallest absolute Gasteiger partial charge is 0.227 e. The van der Waals surface area contributed by atoms with Crippen LogP contribution in [0.25, 0.3) is 66.4 Å². The van der Waals surface area contributed by atoms with Crippen molar-refractivity contribution in [2.24, 2.45) is 0 Å². The molecule has 2 heterocycles. The first-order valence-corrected chi connectivity index (χ1v) is 14.5. The summed E-state index contributed by atoms with van der Waals surface area (Å²) in [6, 6.07) is 33.4. The molecule has 45 heavy (non-hydrogen) atoms. The number of aromatic nitrogens is 1. The molecule has 0 amide bonds. The van der Waals surface area contributed by atoms with E-state index < -0.39 is 24.2 Å². The maximum Gasteiger partial charge on any atom is 0.227 e. The number of benzene rings is 7. The van der Waals surface area contributed by atoms with Crippen molar-refractivity contribution >= 4 is 60.9 Å². The lowest BCUT2D eigenvalue weighted by Gasteiger charge is -2.26. The zero-order valence-corrected chi connectivity index (χ0v) is 23.7. The summed E-state index contributed by atoms with van der Waals surface area (Å²) in [5.74, 6) is 0.473. The van der Waals surface area contributed by atoms with Gasteiger partial charge in [-0.1, -0.05) is 84.8 Å². The zero-order valence-electron chi connectivity index (χ0n) is 30.7. The van der Waals surface area contributed by atoms with E-state index in [4.69, 9.17) is 15.7 Å². The predicted molar refractivity (Wildman–Crippen MR) is 184 cm³/mol. The van der Waals surface area contributed by atoms with Crippen LogP contribution in [0.3, 0.4) is 0 Å². The predicted octanol–water partition coefficient (Wildman–Crippen LogP) is 11.7. The van der Waals surface area contributed by atoms with Crippen molar-refractivity contribution in [1.29, 1.82) is 0 Å². The molecule has 0 saturated heterocycles. The van der Waals surface area contributed by atoms with Gasteiger partial charge in [-0.3, -0.25) is 0 Å². The van der Waals surface area contributed by atoms with E-state index in [-0.39, 0.29) is 34.6 Å². The Morgan fingerprint density at radius 1 is 0.511 bits per heavy atom. The third kappa shape index (κ3) is 4.43. The molecule has 0 atom stereocenters. The molecular formula is C41H26N2O2. The van der Waals surface area contributed by atoms with Crippen LogP contribution in [0.15, 0.2) is 166 Å². The third-order valence-corrected chi connectivity index (χ3v) is 7.95. The van der Waals surface area contributed by atoms with Gasteiger partial charge in [0.2, 0.25) is 5.89 Å². The molecule has 0 saturated carbocycles. The normalized spacial score (nSPS) is 13.7. The summed E-state index contributed by atoms with van der Waals surface area (Å²) in [6.45, 7) is 0. The maximum absolute atomic E-state index is 9.37. The van der Waals surface area contributed by atoms with Crippen molar-refractivity contribution in [3.05, 3.63) is 158 Å². The number of hydrogen-bond acceptors (Lipinski definition) is 4. The molecule has 0 fully saturated rings. The molecule has 9 aromatic rings. The molecule has 2 aromatic heterocycles. The van der Waals surface area contributed by atoms with E-state index in [1.54, 1.807) is 4.90 Å². The Hall–Kier alpha value is -6.13. The van der Waals surface area contributed by atoms with Gasteiger partial charge in [-0.2, -0.15) is 0 Å². The molecule has 7 aromatic carbocycles. The summed E-state index contributed by atoms with van der Waals surface area (Å²) in [5, 5.41) is 1.32. The fourth-order valence-electron chi connectivity index (χ4n) is 5.76. The topological polar surface area (TPSA) is 42.4 Å². The summed E-state index contributed by atoms with van der Waals surface area (Å²) >= 11 is 0. The number of para-hydroxylation sites is 2. The van der Waals surface area contributed by atoms with Crippen LogP contribution >= 0.6 is 0 Å². The minimum Gasteiger partial charge on any atom is -0.456 e. The average molecular weight is 586 g/mol. The summed E-state index contributed by atoms with van der Waals surface area (Å²) in [7, 11) is 0. The first-order chi connectivity index (χ1) is 25.2. The van der Waals surface area contributed by atoms with Gasteiger partial charge >= 0.3 is 0 Å². The number of anilines is 3. The van der Waals surface area contributed by atoms with E-state index in [9.17, 15) is 2.74 Å². The van der Waals surface area contributed by atoms with Crippen LogP contribution in [0.1, 0.15) is 9.60 Å². The molecule has 0 aliphatic carbocycles. The van der Waals surface area contributed by atoms with E-state index in [2.05, 4.69) is 4.98 Å². The molecule has 0 unspecified atom stereocenters. The van der Waals surface area contributed by atoms with Crippen LogP contribution in [0.5, 0.6) is 0 Å². The molecule has 9 rings (SSSR count). The number of rotatable bonds is 5. The Balaban J connectivity index is 1.25. The van der Waals surface area contributed by atoms with Crippen LogP contribution in [0.4, 0.5) is 17.1 Å². The van der Waals surface area contributed by atoms with Crippen molar-refractivity contribution < 1.29 is 18.4 Å². The molecule has 0 aliphatic heterocycles. The van der Waals surface area contributed by atoms with Gasteiger partial charge in [0.1, 0.15) is 16.7 Å². The summed E-state index contributed by atoms with van der Waals surface area (Å²) in [6.07, 6.45) is 0. The number of nitrogens with zero attached hydrogens (tertiary/aromatic N) is 2. The van der Waals surface area contributed by atoms with Crippen LogP contribution in [0, 0.1) is 0 Å². The SMILES string of the molecule is [2H]c1c([2H])c([2H])c2c([2H])c(N(c3ccc(-c4ccccc4)cc3)c3ccc4oc5cc(-c6nc7ccccc7o6)ccc5c4c3)c([2H])c([2H])c2c1[2H]. The van der Waals surface area contributed by atoms with Crippen molar-refractivity contribution in [1.82, 2.24) is 4.98 Å². The Kier molecular flexibility index (Phi) is 4.38. The molecule has 4 nitrogen and oxygen atoms in total. The monoisotopic (exact) mass is 585 g/mol. The molecule has 0 N–H and O–H groups in total. The lowest BCUT2D eigenvalue weighted by molar-refractivity contribution is 0.619. The van der Waals surface area contributed by atoms with Gasteiger partial charge in [0.25, 0.3) is 0 Å². The number of hydrogen-bond donors (Lipinski definition) is 0. The summed E-state index contributed by atoms with van der Waals surface area (Å²) in [4.78, 5) is 6.33. The Morgan fingerprint density at radius 2 is 1.27 bits per heavy atom. The van der Waals surface area contributed by atoms with E-state index in [0.29, 0.717) is 34.0 Å². The summed E-state index contributed by atoms with van der Waals surface area (Å²) in [5.41, 5.74) is 6.56. The number of oxazole rings is 1. The van der Waals surface area contributed by atoms with Gasteiger partial charge < -0.3 is 13.7 Å². The second-order valence-corrected chi connectivity index (χ2v) is 10.7. The van der Waals surface area contributed by atoms with Gasteiger partial charge in [0.15, 0.2) is 5.58 Å². The lowest BCUT2D eigenvalue weighted by atomic mass is 10.0. The van der Waals surface area contributed by atoms with E-state index >= 15 is 0 Å². The quantitative estimate of drug-likeness (QED) is 0.201. The van der Waals surface area contributed by atoms with Crippen LogP contribution in [-0.2, 0) is 0 Å². The van der Waals surface area contributed by atoms with Gasteiger partial charge in [-0.25, -0.2) is 4.98 Å². The van der Waals surface area contributed by atoms with Gasteiger partial charge in [0.05, 0.1) is 9.60 Å². The minimum atomic E-state index is -0.512. The highest BCUT2D eigenvalue weighted by Crippen LogP contribution is 2.41. The number of fused-ring (bicyclic) bond motifs is 5. The van der Waals surface area contributed by atoms with Crippen molar-refractivity contribution in [3.63, 3.8) is 0 Å². The van der Waals surface area contributed by atoms with Crippen molar-refractivity contribution in [2.75, 3.05) is 4.90 Å². The standard InChI is InChI=1S/C41H26N2O2/c1-2-8-27(9-3-1)29-14-18-32(19-15-29)43(33-20-16-28-10-4-5-11-30(28)24-33)34-21-23-38-36(26-34)35-22-17-31(25-40(35)44-38)41-42-37-12-6-7-13-39(37)45-41/h1-26H/i4D,5D,10D,11D,16D,20D,24D. The van der Waals surface area contributed by atoms with E-state index in [1.807, 2.05) is 115 Å². The average Bonchev–Trinajstić information content (AvgIpc) is 3.78. The second-order valence-electron chi connectivity index (χ2n) is 10.7. The Bertz CT molecular complexity index is 2850. The number of furan rings is 1. The Labute approximate surface area is 269 Å². The highest BCUT2D eigenvalue weighted by molar-refractivity contribution is 6.07. The molecular weight excluding hydrogens is 552 g/mol. The first-order valence-electron chi connectivity index (χ1n) is 18.0. The van der Waals surface area contributed by atoms with Crippen LogP contribution < -0.4 is 4.90 Å².